The highest BCUT2D eigenvalue weighted by molar-refractivity contribution is 7.81. The molecular formula is C10H22OSSi. The summed E-state index contributed by atoms with van der Waals surface area (Å²) in [6.45, 7) is 7.96. The van der Waals surface area contributed by atoms with Crippen LogP contribution in [0.1, 0.15) is 32.6 Å². The van der Waals surface area contributed by atoms with E-state index in [1.807, 2.05) is 0 Å². The van der Waals surface area contributed by atoms with E-state index >= 15 is 0 Å². The monoisotopic (exact) mass is 218 g/mol. The van der Waals surface area contributed by atoms with Crippen LogP contribution in [0.3, 0.4) is 0 Å². The van der Waals surface area contributed by atoms with Gasteiger partial charge in [-0.05, 0) is 25.7 Å². The first-order valence-electron chi connectivity index (χ1n) is 5.45. The van der Waals surface area contributed by atoms with E-state index in [0.717, 1.165) is 13.0 Å². The summed E-state index contributed by atoms with van der Waals surface area (Å²) in [4.78, 5) is 0. The molecule has 0 saturated carbocycles. The molecule has 1 nitrogen and oxygen atoms in total. The van der Waals surface area contributed by atoms with E-state index in [9.17, 15) is 0 Å². The van der Waals surface area contributed by atoms with Gasteiger partial charge in [0, 0.05) is 11.9 Å². The summed E-state index contributed by atoms with van der Waals surface area (Å²) in [5.74, 6) is 0. The van der Waals surface area contributed by atoms with Crippen molar-refractivity contribution in [2.45, 2.75) is 56.2 Å². The molecule has 0 amide bonds. The number of thiol groups is 1. The fourth-order valence-electron chi connectivity index (χ4n) is 2.29. The summed E-state index contributed by atoms with van der Waals surface area (Å²) in [6.07, 6.45) is 4.96. The lowest BCUT2D eigenvalue weighted by atomic mass is 10.0. The van der Waals surface area contributed by atoms with Gasteiger partial charge >= 0.3 is 0 Å². The van der Waals surface area contributed by atoms with Crippen LogP contribution in [0.15, 0.2) is 0 Å². The highest BCUT2D eigenvalue weighted by Crippen LogP contribution is 2.35. The predicted octanol–water partition coefficient (Wildman–Crippen LogP) is 2.66. The second kappa shape index (κ2) is 4.85. The minimum absolute atomic E-state index is 0.191. The van der Waals surface area contributed by atoms with Gasteiger partial charge in [-0.2, -0.15) is 12.6 Å². The molecule has 1 fully saturated rings. The molecule has 0 spiro atoms. The first kappa shape index (κ1) is 11.6. The van der Waals surface area contributed by atoms with Crippen molar-refractivity contribution >= 4 is 21.4 Å². The largest absolute Gasteiger partial charge is 0.378 e. The number of rotatable bonds is 3. The Kier molecular flexibility index (Phi) is 4.33. The average Bonchev–Trinajstić information content (AvgIpc) is 2.17. The van der Waals surface area contributed by atoms with Crippen molar-refractivity contribution in [3.63, 3.8) is 0 Å². The Labute approximate surface area is 89.3 Å². The molecule has 2 atom stereocenters. The fourth-order valence-corrected chi connectivity index (χ4v) is 5.62. The molecule has 0 N–H and O–H groups in total. The first-order valence-corrected chi connectivity index (χ1v) is 8.86. The van der Waals surface area contributed by atoms with Crippen LogP contribution in [0, 0.1) is 0 Å². The Bertz CT molecular complexity index is 155. The number of hydrogen-bond donors (Lipinski definition) is 1. The van der Waals surface area contributed by atoms with Gasteiger partial charge in [0.15, 0.2) is 0 Å². The third kappa shape index (κ3) is 2.31. The molecule has 0 bridgehead atoms. The molecule has 78 valence electrons. The summed E-state index contributed by atoms with van der Waals surface area (Å²) in [5, 5.41) is 0.648. The third-order valence-electron chi connectivity index (χ3n) is 3.26. The zero-order valence-electron chi connectivity index (χ0n) is 9.05. The summed E-state index contributed by atoms with van der Waals surface area (Å²) >= 11 is 4.71. The van der Waals surface area contributed by atoms with Gasteiger partial charge < -0.3 is 4.74 Å². The standard InChI is InChI=1S/C10H22OSSi/c1-4-9(12)10(13(2)3)7-5-6-8-11-10/h9,12-13H,4-8H2,1-3H3. The van der Waals surface area contributed by atoms with Crippen LogP contribution in [0.2, 0.25) is 13.1 Å². The highest BCUT2D eigenvalue weighted by Gasteiger charge is 2.41. The molecule has 3 heteroatoms. The van der Waals surface area contributed by atoms with E-state index in [2.05, 4.69) is 20.0 Å². The van der Waals surface area contributed by atoms with E-state index < -0.39 is 8.80 Å². The molecule has 1 aliphatic heterocycles. The Morgan fingerprint density at radius 2 is 2.15 bits per heavy atom. The van der Waals surface area contributed by atoms with Crippen LogP contribution in [-0.4, -0.2) is 25.9 Å². The Hall–Kier alpha value is 0.527. The number of hydrogen-bond acceptors (Lipinski definition) is 2. The van der Waals surface area contributed by atoms with Crippen LogP contribution in [-0.2, 0) is 4.74 Å². The van der Waals surface area contributed by atoms with Crippen LogP contribution in [0.5, 0.6) is 0 Å². The van der Waals surface area contributed by atoms with Gasteiger partial charge in [0.25, 0.3) is 0 Å². The Balaban J connectivity index is 2.72. The van der Waals surface area contributed by atoms with Crippen molar-refractivity contribution in [1.82, 2.24) is 0 Å². The van der Waals surface area contributed by atoms with Crippen molar-refractivity contribution in [2.24, 2.45) is 0 Å². The zero-order valence-corrected chi connectivity index (χ0v) is 11.1. The smallest absolute Gasteiger partial charge is 0.0709 e. The molecule has 0 aromatic heterocycles. The first-order chi connectivity index (χ1) is 6.13. The molecule has 13 heavy (non-hydrogen) atoms. The summed E-state index contributed by atoms with van der Waals surface area (Å²) in [7, 11) is -0.762. The van der Waals surface area contributed by atoms with Crippen molar-refractivity contribution in [3.05, 3.63) is 0 Å². The van der Waals surface area contributed by atoms with Gasteiger partial charge in [-0.25, -0.2) is 0 Å². The maximum absolute atomic E-state index is 6.07. The van der Waals surface area contributed by atoms with Gasteiger partial charge in [-0.1, -0.05) is 20.0 Å². The zero-order chi connectivity index (χ0) is 9.90. The maximum Gasteiger partial charge on any atom is 0.0709 e. The van der Waals surface area contributed by atoms with E-state index in [1.165, 1.54) is 19.3 Å². The van der Waals surface area contributed by atoms with Crippen molar-refractivity contribution in [2.75, 3.05) is 6.61 Å². The lowest BCUT2D eigenvalue weighted by Gasteiger charge is -2.44. The highest BCUT2D eigenvalue weighted by atomic mass is 32.1. The van der Waals surface area contributed by atoms with Gasteiger partial charge in [0.05, 0.1) is 14.0 Å². The van der Waals surface area contributed by atoms with E-state index in [4.69, 9.17) is 17.4 Å². The molecule has 1 saturated heterocycles. The van der Waals surface area contributed by atoms with Crippen molar-refractivity contribution < 1.29 is 4.74 Å². The molecule has 1 rings (SSSR count). The van der Waals surface area contributed by atoms with Crippen LogP contribution in [0.25, 0.3) is 0 Å². The normalized spacial score (nSPS) is 32.1. The SMILES string of the molecule is CCC(S)C1([SiH](C)C)CCCCO1. The van der Waals surface area contributed by atoms with Crippen LogP contribution >= 0.6 is 12.6 Å². The van der Waals surface area contributed by atoms with Gasteiger partial charge in [0.1, 0.15) is 0 Å². The second-order valence-electron chi connectivity index (χ2n) is 4.34. The molecule has 2 unspecified atom stereocenters. The third-order valence-corrected chi connectivity index (χ3v) is 7.16. The van der Waals surface area contributed by atoms with Crippen molar-refractivity contribution in [1.29, 1.82) is 0 Å². The van der Waals surface area contributed by atoms with Crippen LogP contribution in [0.4, 0.5) is 0 Å². The molecular weight excluding hydrogens is 196 g/mol. The lowest BCUT2D eigenvalue weighted by Crippen LogP contribution is -2.54. The number of ether oxygens (including phenoxy) is 1. The van der Waals surface area contributed by atoms with E-state index in [0.29, 0.717) is 5.25 Å². The Morgan fingerprint density at radius 3 is 2.54 bits per heavy atom. The average molecular weight is 218 g/mol. The minimum Gasteiger partial charge on any atom is -0.378 e. The van der Waals surface area contributed by atoms with E-state index in [1.54, 1.807) is 0 Å². The molecule has 1 heterocycles. The summed E-state index contributed by atoms with van der Waals surface area (Å²) in [5.41, 5.74) is 0. The quantitative estimate of drug-likeness (QED) is 0.566. The summed E-state index contributed by atoms with van der Waals surface area (Å²) < 4.78 is 6.07. The van der Waals surface area contributed by atoms with Crippen molar-refractivity contribution in [3.8, 4) is 0 Å². The topological polar surface area (TPSA) is 9.23 Å². The molecule has 0 aromatic rings. The predicted molar refractivity (Wildman–Crippen MR) is 64.5 cm³/mol. The fraction of sp³-hybridized carbons (Fsp3) is 1.00. The molecule has 0 aliphatic carbocycles. The van der Waals surface area contributed by atoms with Crippen LogP contribution < -0.4 is 0 Å². The maximum atomic E-state index is 6.07. The second-order valence-corrected chi connectivity index (χ2v) is 8.25. The minimum atomic E-state index is -0.762. The molecule has 0 radical (unpaired) electrons. The van der Waals surface area contributed by atoms with Gasteiger partial charge in [0.2, 0.25) is 0 Å². The molecule has 1 aliphatic rings. The Morgan fingerprint density at radius 1 is 1.46 bits per heavy atom. The van der Waals surface area contributed by atoms with Gasteiger partial charge in [-0.15, -0.1) is 0 Å². The van der Waals surface area contributed by atoms with Gasteiger partial charge in [-0.3, -0.25) is 0 Å². The lowest BCUT2D eigenvalue weighted by molar-refractivity contribution is -0.0236. The van der Waals surface area contributed by atoms with E-state index in [-0.39, 0.29) is 5.22 Å². The molecule has 0 aromatic carbocycles. The summed E-state index contributed by atoms with van der Waals surface area (Å²) in [6, 6.07) is 0.